The molecular formula is C13H29NO. The quantitative estimate of drug-likeness (QED) is 0.549. The molecule has 0 aromatic heterocycles. The first-order chi connectivity index (χ1) is 7.12. The molecule has 0 amide bonds. The first-order valence-corrected chi connectivity index (χ1v) is 6.55. The minimum atomic E-state index is -0.464. The number of rotatable bonds is 10. The van der Waals surface area contributed by atoms with Crippen LogP contribution in [0, 0.1) is 0 Å². The molecule has 1 unspecified atom stereocenters. The van der Waals surface area contributed by atoms with E-state index >= 15 is 0 Å². The summed E-state index contributed by atoms with van der Waals surface area (Å²) in [5.41, 5.74) is -0.464. The summed E-state index contributed by atoms with van der Waals surface area (Å²) in [4.78, 5) is 0. The monoisotopic (exact) mass is 215 g/mol. The van der Waals surface area contributed by atoms with Crippen LogP contribution in [0.2, 0.25) is 0 Å². The van der Waals surface area contributed by atoms with Crippen molar-refractivity contribution in [2.75, 3.05) is 13.1 Å². The van der Waals surface area contributed by atoms with Gasteiger partial charge in [-0.2, -0.15) is 0 Å². The van der Waals surface area contributed by atoms with E-state index in [1.54, 1.807) is 0 Å². The predicted molar refractivity (Wildman–Crippen MR) is 67.2 cm³/mol. The number of aliphatic hydroxyl groups is 1. The van der Waals surface area contributed by atoms with Gasteiger partial charge in [0, 0.05) is 0 Å². The van der Waals surface area contributed by atoms with Crippen molar-refractivity contribution in [3.8, 4) is 0 Å². The van der Waals surface area contributed by atoms with Crippen molar-refractivity contribution in [2.24, 2.45) is 0 Å². The Kier molecular flexibility index (Phi) is 9.12. The third kappa shape index (κ3) is 10.2. The molecule has 0 aromatic rings. The van der Waals surface area contributed by atoms with Gasteiger partial charge in [-0.3, -0.25) is 0 Å². The molecule has 0 aromatic carbocycles. The lowest BCUT2D eigenvalue weighted by atomic mass is 9.94. The van der Waals surface area contributed by atoms with Gasteiger partial charge < -0.3 is 10.4 Å². The maximum Gasteiger partial charge on any atom is 0.0631 e. The summed E-state index contributed by atoms with van der Waals surface area (Å²) in [7, 11) is 0. The highest BCUT2D eigenvalue weighted by Crippen LogP contribution is 2.18. The normalized spacial score (nSPS) is 15.2. The summed E-state index contributed by atoms with van der Waals surface area (Å²) in [6.45, 7) is 8.21. The number of nitrogens with one attached hydrogen (secondary N) is 1. The summed E-state index contributed by atoms with van der Waals surface area (Å²) >= 11 is 0. The Labute approximate surface area is 95.5 Å². The highest BCUT2D eigenvalue weighted by molar-refractivity contribution is 4.73. The van der Waals surface area contributed by atoms with Crippen molar-refractivity contribution >= 4 is 0 Å². The lowest BCUT2D eigenvalue weighted by Crippen LogP contribution is -2.29. The van der Waals surface area contributed by atoms with Gasteiger partial charge in [-0.25, -0.2) is 0 Å². The van der Waals surface area contributed by atoms with Crippen LogP contribution in [-0.2, 0) is 0 Å². The van der Waals surface area contributed by atoms with Crippen molar-refractivity contribution in [1.29, 1.82) is 0 Å². The lowest BCUT2D eigenvalue weighted by Gasteiger charge is -2.23. The fraction of sp³-hybridized carbons (Fsp3) is 1.00. The fourth-order valence-electron chi connectivity index (χ4n) is 1.77. The largest absolute Gasteiger partial charge is 0.390 e. The Morgan fingerprint density at radius 2 is 1.67 bits per heavy atom. The molecule has 0 bridgehead atoms. The van der Waals surface area contributed by atoms with Gasteiger partial charge in [0.05, 0.1) is 5.60 Å². The Hall–Kier alpha value is -0.0800. The molecule has 0 aliphatic rings. The van der Waals surface area contributed by atoms with Crippen molar-refractivity contribution in [2.45, 2.75) is 71.3 Å². The Morgan fingerprint density at radius 3 is 2.27 bits per heavy atom. The van der Waals surface area contributed by atoms with E-state index < -0.39 is 5.60 Å². The molecule has 0 aliphatic heterocycles. The third-order valence-electron chi connectivity index (χ3n) is 2.91. The molecule has 0 heterocycles. The van der Waals surface area contributed by atoms with Gasteiger partial charge in [-0.1, -0.05) is 46.0 Å². The van der Waals surface area contributed by atoms with E-state index in [0.717, 1.165) is 25.9 Å². The van der Waals surface area contributed by atoms with Gasteiger partial charge >= 0.3 is 0 Å². The molecule has 92 valence electrons. The molecule has 2 heteroatoms. The minimum absolute atomic E-state index is 0.464. The summed E-state index contributed by atoms with van der Waals surface area (Å²) in [6.07, 6.45) is 8.19. The third-order valence-corrected chi connectivity index (χ3v) is 2.91. The number of unbranched alkanes of at least 4 members (excludes halogenated alkanes) is 4. The van der Waals surface area contributed by atoms with Crippen LogP contribution in [0.1, 0.15) is 65.7 Å². The molecule has 0 saturated carbocycles. The van der Waals surface area contributed by atoms with Crippen LogP contribution in [-0.4, -0.2) is 23.8 Å². The summed E-state index contributed by atoms with van der Waals surface area (Å²) in [5.74, 6) is 0. The minimum Gasteiger partial charge on any atom is -0.390 e. The zero-order chi connectivity index (χ0) is 11.6. The van der Waals surface area contributed by atoms with Gasteiger partial charge in [-0.15, -0.1) is 0 Å². The molecule has 15 heavy (non-hydrogen) atoms. The fourth-order valence-corrected chi connectivity index (χ4v) is 1.77. The highest BCUT2D eigenvalue weighted by atomic mass is 16.3. The summed E-state index contributed by atoms with van der Waals surface area (Å²) < 4.78 is 0. The van der Waals surface area contributed by atoms with E-state index in [1.165, 1.54) is 32.1 Å². The van der Waals surface area contributed by atoms with Gasteiger partial charge in [0.15, 0.2) is 0 Å². The van der Waals surface area contributed by atoms with E-state index in [2.05, 4.69) is 19.2 Å². The van der Waals surface area contributed by atoms with E-state index in [1.807, 2.05) is 6.92 Å². The SMILES string of the molecule is CCCCCCCC(C)(O)CCNCC. The molecule has 2 N–H and O–H groups in total. The second-order valence-electron chi connectivity index (χ2n) is 4.76. The molecule has 0 fully saturated rings. The molecule has 0 aliphatic carbocycles. The van der Waals surface area contributed by atoms with Crippen molar-refractivity contribution in [1.82, 2.24) is 5.32 Å². The Morgan fingerprint density at radius 1 is 1.00 bits per heavy atom. The second-order valence-corrected chi connectivity index (χ2v) is 4.76. The van der Waals surface area contributed by atoms with Crippen LogP contribution in [0.4, 0.5) is 0 Å². The van der Waals surface area contributed by atoms with Crippen LogP contribution in [0.5, 0.6) is 0 Å². The van der Waals surface area contributed by atoms with Crippen LogP contribution in [0.25, 0.3) is 0 Å². The first-order valence-electron chi connectivity index (χ1n) is 6.55. The first kappa shape index (κ1) is 14.9. The second kappa shape index (κ2) is 9.17. The average Bonchev–Trinajstić information content (AvgIpc) is 2.17. The standard InChI is InChI=1S/C13H29NO/c1-4-6-7-8-9-10-13(3,15)11-12-14-5-2/h14-15H,4-12H2,1-3H3. The molecule has 0 radical (unpaired) electrons. The van der Waals surface area contributed by atoms with Crippen molar-refractivity contribution in [3.63, 3.8) is 0 Å². The smallest absolute Gasteiger partial charge is 0.0631 e. The van der Waals surface area contributed by atoms with Crippen LogP contribution < -0.4 is 5.32 Å². The topological polar surface area (TPSA) is 32.3 Å². The highest BCUT2D eigenvalue weighted by Gasteiger charge is 2.18. The number of hydrogen-bond donors (Lipinski definition) is 2. The van der Waals surface area contributed by atoms with Gasteiger partial charge in [0.25, 0.3) is 0 Å². The summed E-state index contributed by atoms with van der Waals surface area (Å²) in [6, 6.07) is 0. The zero-order valence-corrected chi connectivity index (χ0v) is 10.8. The maximum absolute atomic E-state index is 10.1. The van der Waals surface area contributed by atoms with Crippen molar-refractivity contribution < 1.29 is 5.11 Å². The lowest BCUT2D eigenvalue weighted by molar-refractivity contribution is 0.0397. The number of hydrogen-bond acceptors (Lipinski definition) is 2. The van der Waals surface area contributed by atoms with Crippen LogP contribution >= 0.6 is 0 Å². The Balaban J connectivity index is 3.38. The molecule has 0 spiro atoms. The molecule has 2 nitrogen and oxygen atoms in total. The van der Waals surface area contributed by atoms with Gasteiger partial charge in [-0.05, 0) is 32.9 Å². The zero-order valence-electron chi connectivity index (χ0n) is 10.8. The van der Waals surface area contributed by atoms with Crippen molar-refractivity contribution in [3.05, 3.63) is 0 Å². The van der Waals surface area contributed by atoms with E-state index in [-0.39, 0.29) is 0 Å². The predicted octanol–water partition coefficient (Wildman–Crippen LogP) is 3.10. The molecular weight excluding hydrogens is 186 g/mol. The van der Waals surface area contributed by atoms with E-state index in [4.69, 9.17) is 0 Å². The molecule has 0 rings (SSSR count). The van der Waals surface area contributed by atoms with Crippen LogP contribution in [0.3, 0.4) is 0 Å². The van der Waals surface area contributed by atoms with Gasteiger partial charge in [0.2, 0.25) is 0 Å². The Bertz CT molecular complexity index is 134. The maximum atomic E-state index is 10.1. The van der Waals surface area contributed by atoms with E-state index in [9.17, 15) is 5.11 Å². The molecule has 1 atom stereocenters. The average molecular weight is 215 g/mol. The van der Waals surface area contributed by atoms with Crippen LogP contribution in [0.15, 0.2) is 0 Å². The van der Waals surface area contributed by atoms with Gasteiger partial charge in [0.1, 0.15) is 0 Å². The molecule has 0 saturated heterocycles. The summed E-state index contributed by atoms with van der Waals surface area (Å²) in [5, 5.41) is 13.3. The van der Waals surface area contributed by atoms with E-state index in [0.29, 0.717) is 0 Å².